The molecule has 6 aromatic rings. The average molecular weight is 687 g/mol. The highest BCUT2D eigenvalue weighted by Crippen LogP contribution is 2.42. The maximum absolute atomic E-state index is 13.0. The standard InChI is InChI=1S/C20H17N.C18H11F6N3O2/c21-19-11-10-16(12-14-6-2-1-3-7-14)20-17-9-5-4-8-15(17)13-18(19)20;19-17(20,21)12-6-10(7-13(8-12)18(22,23)24)9-27-15(11-4-2-1-3-5-11)14(16(28)29)25-26-27/h1-11H,12-13,21H2;1-8H,9H2,(H,28,29). The molecule has 7 rings (SSSR count). The molecule has 0 amide bonds. The van der Waals surface area contributed by atoms with Crippen LogP contribution >= 0.6 is 0 Å². The lowest BCUT2D eigenvalue weighted by Crippen LogP contribution is -2.13. The first-order valence-electron chi connectivity index (χ1n) is 15.3. The molecule has 1 aromatic heterocycles. The Labute approximate surface area is 282 Å². The fraction of sp³-hybridized carbons (Fsp3) is 0.132. The number of rotatable bonds is 6. The quantitative estimate of drug-likeness (QED) is 0.134. The van der Waals surface area contributed by atoms with E-state index in [0.29, 0.717) is 17.7 Å². The molecule has 1 heterocycles. The molecule has 1 aliphatic carbocycles. The molecule has 12 heteroatoms. The van der Waals surface area contributed by atoms with Crippen molar-refractivity contribution in [3.05, 3.63) is 160 Å². The monoisotopic (exact) mass is 686 g/mol. The van der Waals surface area contributed by atoms with Gasteiger partial charge in [0.25, 0.3) is 0 Å². The molecule has 254 valence electrons. The number of nitrogen functional groups attached to an aromatic ring is 1. The normalized spacial score (nSPS) is 12.1. The molecular formula is C38H28F6N4O2. The predicted molar refractivity (Wildman–Crippen MR) is 176 cm³/mol. The molecule has 0 atom stereocenters. The SMILES string of the molecule is Nc1ccc(Cc2ccccc2)c2c1Cc1ccccc1-2.O=C(O)c1nnn(Cc2cc(C(F)(F)F)cc(C(F)(F)F)c2)c1-c1ccccc1. The van der Waals surface area contributed by atoms with Crippen molar-refractivity contribution in [2.75, 3.05) is 5.73 Å². The van der Waals surface area contributed by atoms with E-state index in [-0.39, 0.29) is 17.3 Å². The van der Waals surface area contributed by atoms with Gasteiger partial charge >= 0.3 is 18.3 Å². The first-order valence-corrected chi connectivity index (χ1v) is 15.3. The number of aromatic carboxylic acids is 1. The van der Waals surface area contributed by atoms with Crippen molar-refractivity contribution in [2.24, 2.45) is 0 Å². The Morgan fingerprint density at radius 2 is 1.36 bits per heavy atom. The number of aromatic nitrogens is 3. The third-order valence-corrected chi connectivity index (χ3v) is 8.29. The van der Waals surface area contributed by atoms with Crippen molar-refractivity contribution < 1.29 is 36.2 Å². The van der Waals surface area contributed by atoms with Crippen molar-refractivity contribution >= 4 is 11.7 Å². The van der Waals surface area contributed by atoms with E-state index in [1.807, 2.05) is 0 Å². The molecule has 5 aromatic carbocycles. The van der Waals surface area contributed by atoms with Gasteiger partial charge in [-0.15, -0.1) is 5.10 Å². The minimum Gasteiger partial charge on any atom is -0.476 e. The summed E-state index contributed by atoms with van der Waals surface area (Å²) in [6, 6.07) is 32.5. The zero-order valence-corrected chi connectivity index (χ0v) is 26.1. The van der Waals surface area contributed by atoms with E-state index in [0.717, 1.165) is 23.2 Å². The number of anilines is 1. The van der Waals surface area contributed by atoms with Gasteiger partial charge in [0.1, 0.15) is 5.69 Å². The highest BCUT2D eigenvalue weighted by atomic mass is 19.4. The lowest BCUT2D eigenvalue weighted by atomic mass is 9.94. The summed E-state index contributed by atoms with van der Waals surface area (Å²) in [4.78, 5) is 11.4. The molecule has 0 aliphatic heterocycles. The minimum absolute atomic E-state index is 0.0195. The van der Waals surface area contributed by atoms with Crippen molar-refractivity contribution in [1.82, 2.24) is 15.0 Å². The molecule has 50 heavy (non-hydrogen) atoms. The van der Waals surface area contributed by atoms with Crippen LogP contribution in [0.3, 0.4) is 0 Å². The summed E-state index contributed by atoms with van der Waals surface area (Å²) in [6.07, 6.45) is -8.07. The number of fused-ring (bicyclic) bond motifs is 3. The molecule has 0 fully saturated rings. The molecule has 0 bridgehead atoms. The minimum atomic E-state index is -4.99. The number of nitrogens with two attached hydrogens (primary N) is 1. The summed E-state index contributed by atoms with van der Waals surface area (Å²) in [5, 5.41) is 16.4. The second-order valence-electron chi connectivity index (χ2n) is 11.7. The van der Waals surface area contributed by atoms with Crippen LogP contribution in [0.2, 0.25) is 0 Å². The Bertz CT molecular complexity index is 2130. The number of nitrogens with zero attached hydrogens (tertiary/aromatic N) is 3. The summed E-state index contributed by atoms with van der Waals surface area (Å²) in [7, 11) is 0. The van der Waals surface area contributed by atoms with Gasteiger partial charge in [0, 0.05) is 17.7 Å². The fourth-order valence-corrected chi connectivity index (χ4v) is 6.04. The topological polar surface area (TPSA) is 94.0 Å². The number of alkyl halides is 6. The average Bonchev–Trinajstić information content (AvgIpc) is 3.69. The number of carboxylic acid groups (broad SMARTS) is 1. The molecule has 0 saturated heterocycles. The Hall–Kier alpha value is -5.91. The van der Waals surface area contributed by atoms with Gasteiger partial charge < -0.3 is 10.8 Å². The van der Waals surface area contributed by atoms with Crippen molar-refractivity contribution in [3.8, 4) is 22.4 Å². The highest BCUT2D eigenvalue weighted by molar-refractivity contribution is 5.92. The molecule has 0 radical (unpaired) electrons. The van der Waals surface area contributed by atoms with Crippen molar-refractivity contribution in [2.45, 2.75) is 31.7 Å². The molecule has 0 unspecified atom stereocenters. The zero-order chi connectivity index (χ0) is 35.6. The first-order chi connectivity index (χ1) is 23.8. The van der Waals surface area contributed by atoms with Crippen LogP contribution in [0.5, 0.6) is 0 Å². The fourth-order valence-electron chi connectivity index (χ4n) is 6.04. The van der Waals surface area contributed by atoms with E-state index in [1.54, 1.807) is 18.2 Å². The van der Waals surface area contributed by atoms with Crippen molar-refractivity contribution in [3.63, 3.8) is 0 Å². The number of hydrogen-bond acceptors (Lipinski definition) is 4. The Kier molecular flexibility index (Phi) is 9.20. The second-order valence-corrected chi connectivity index (χ2v) is 11.7. The molecule has 0 spiro atoms. The number of halogens is 6. The van der Waals surface area contributed by atoms with E-state index in [4.69, 9.17) is 5.73 Å². The summed E-state index contributed by atoms with van der Waals surface area (Å²) in [5.74, 6) is -1.44. The third kappa shape index (κ3) is 7.24. The summed E-state index contributed by atoms with van der Waals surface area (Å²) >= 11 is 0. The summed E-state index contributed by atoms with van der Waals surface area (Å²) in [5.41, 5.74) is 11.8. The first kappa shape index (κ1) is 34.0. The van der Waals surface area contributed by atoms with Crippen LogP contribution in [0, 0.1) is 0 Å². The largest absolute Gasteiger partial charge is 0.476 e. The van der Waals surface area contributed by atoms with Crippen LogP contribution in [0.25, 0.3) is 22.4 Å². The summed E-state index contributed by atoms with van der Waals surface area (Å²) in [6.45, 7) is -0.544. The zero-order valence-electron chi connectivity index (χ0n) is 26.1. The third-order valence-electron chi connectivity index (χ3n) is 8.29. The van der Waals surface area contributed by atoms with Gasteiger partial charge in [-0.1, -0.05) is 96.2 Å². The Balaban J connectivity index is 0.000000181. The predicted octanol–water partition coefficient (Wildman–Crippen LogP) is 9.16. The van der Waals surface area contributed by atoms with E-state index in [9.17, 15) is 36.2 Å². The van der Waals surface area contributed by atoms with Crippen LogP contribution in [-0.2, 0) is 31.7 Å². The van der Waals surface area contributed by atoms with E-state index < -0.39 is 41.7 Å². The molecular weight excluding hydrogens is 658 g/mol. The maximum Gasteiger partial charge on any atom is 0.416 e. The van der Waals surface area contributed by atoms with Crippen LogP contribution in [0.4, 0.5) is 32.0 Å². The van der Waals surface area contributed by atoms with Gasteiger partial charge in [0.2, 0.25) is 0 Å². The Morgan fingerprint density at radius 3 is 1.98 bits per heavy atom. The number of benzene rings is 5. The van der Waals surface area contributed by atoms with Gasteiger partial charge in [-0.05, 0) is 69.6 Å². The van der Waals surface area contributed by atoms with Crippen LogP contribution < -0.4 is 5.73 Å². The van der Waals surface area contributed by atoms with Gasteiger partial charge in [-0.2, -0.15) is 26.3 Å². The second kappa shape index (κ2) is 13.5. The van der Waals surface area contributed by atoms with Crippen molar-refractivity contribution in [1.29, 1.82) is 0 Å². The van der Waals surface area contributed by atoms with Gasteiger partial charge in [0.15, 0.2) is 5.69 Å². The lowest BCUT2D eigenvalue weighted by molar-refractivity contribution is -0.143. The van der Waals surface area contributed by atoms with E-state index in [1.165, 1.54) is 45.5 Å². The summed E-state index contributed by atoms with van der Waals surface area (Å²) < 4.78 is 79.2. The number of carbonyl (C=O) groups is 1. The molecule has 1 aliphatic rings. The smallest absolute Gasteiger partial charge is 0.416 e. The molecule has 0 saturated carbocycles. The molecule has 3 N–H and O–H groups in total. The van der Waals surface area contributed by atoms with Gasteiger partial charge in [-0.3, -0.25) is 0 Å². The number of carboxylic acids is 1. The number of hydrogen-bond donors (Lipinski definition) is 2. The van der Waals surface area contributed by atoms with Gasteiger partial charge in [-0.25, -0.2) is 9.48 Å². The van der Waals surface area contributed by atoms with E-state index >= 15 is 0 Å². The lowest BCUT2D eigenvalue weighted by Gasteiger charge is -2.15. The highest BCUT2D eigenvalue weighted by Gasteiger charge is 2.37. The molecule has 6 nitrogen and oxygen atoms in total. The van der Waals surface area contributed by atoms with Crippen LogP contribution in [0.15, 0.2) is 115 Å². The van der Waals surface area contributed by atoms with Gasteiger partial charge in [0.05, 0.1) is 17.7 Å². The Morgan fingerprint density at radius 1 is 0.760 bits per heavy atom. The van der Waals surface area contributed by atoms with Crippen LogP contribution in [-0.4, -0.2) is 26.1 Å². The maximum atomic E-state index is 13.0. The van der Waals surface area contributed by atoms with Crippen LogP contribution in [0.1, 0.15) is 49.4 Å². The van der Waals surface area contributed by atoms with E-state index in [2.05, 4.69) is 77.0 Å².